The first kappa shape index (κ1) is 24.1. The van der Waals surface area contributed by atoms with Crippen LogP contribution < -0.4 is 9.47 Å². The molecule has 32 heavy (non-hydrogen) atoms. The van der Waals surface area contributed by atoms with Crippen LogP contribution in [0.25, 0.3) is 0 Å². The highest BCUT2D eigenvalue weighted by Gasteiger charge is 2.37. The van der Waals surface area contributed by atoms with E-state index in [1.54, 1.807) is 26.4 Å². The Kier molecular flexibility index (Phi) is 8.53. The highest BCUT2D eigenvalue weighted by molar-refractivity contribution is 7.88. The third kappa shape index (κ3) is 6.23. The molecule has 1 fully saturated rings. The van der Waals surface area contributed by atoms with Gasteiger partial charge in [0.1, 0.15) is 6.04 Å². The number of rotatable bonds is 10. The van der Waals surface area contributed by atoms with E-state index < -0.39 is 22.0 Å². The molecule has 0 N–H and O–H groups in total. The van der Waals surface area contributed by atoms with E-state index in [1.165, 1.54) is 4.31 Å². The van der Waals surface area contributed by atoms with Crippen LogP contribution in [-0.2, 0) is 31.7 Å². The van der Waals surface area contributed by atoms with Crippen molar-refractivity contribution in [1.82, 2.24) is 4.31 Å². The van der Waals surface area contributed by atoms with E-state index in [-0.39, 0.29) is 12.4 Å². The minimum absolute atomic E-state index is 0.114. The van der Waals surface area contributed by atoms with Crippen molar-refractivity contribution in [3.63, 3.8) is 0 Å². The van der Waals surface area contributed by atoms with Gasteiger partial charge in [0.15, 0.2) is 11.5 Å². The summed E-state index contributed by atoms with van der Waals surface area (Å²) in [4.78, 5) is 12.7. The molecule has 0 aliphatic carbocycles. The van der Waals surface area contributed by atoms with E-state index in [4.69, 9.17) is 14.2 Å². The van der Waals surface area contributed by atoms with Crippen molar-refractivity contribution in [2.45, 2.75) is 43.9 Å². The van der Waals surface area contributed by atoms with Crippen LogP contribution in [0.15, 0.2) is 48.5 Å². The van der Waals surface area contributed by atoms with Crippen molar-refractivity contribution in [2.24, 2.45) is 0 Å². The molecule has 7 nitrogen and oxygen atoms in total. The van der Waals surface area contributed by atoms with Crippen molar-refractivity contribution in [3.05, 3.63) is 59.7 Å². The second kappa shape index (κ2) is 11.3. The largest absolute Gasteiger partial charge is 0.493 e. The van der Waals surface area contributed by atoms with Crippen molar-refractivity contribution in [1.29, 1.82) is 0 Å². The summed E-state index contributed by atoms with van der Waals surface area (Å²) in [6.07, 6.45) is 3.38. The summed E-state index contributed by atoms with van der Waals surface area (Å²) in [5.41, 5.74) is 1.75. The average Bonchev–Trinajstić information content (AvgIpc) is 2.82. The molecule has 1 heterocycles. The summed E-state index contributed by atoms with van der Waals surface area (Å²) in [5.74, 6) is 0.741. The van der Waals surface area contributed by atoms with Crippen molar-refractivity contribution in [3.8, 4) is 11.5 Å². The fraction of sp³-hybridized carbons (Fsp3) is 0.458. The fourth-order valence-corrected chi connectivity index (χ4v) is 5.69. The zero-order valence-corrected chi connectivity index (χ0v) is 19.5. The lowest BCUT2D eigenvalue weighted by Crippen LogP contribution is -2.49. The summed E-state index contributed by atoms with van der Waals surface area (Å²) < 4.78 is 43.4. The molecule has 1 aliphatic heterocycles. The van der Waals surface area contributed by atoms with Crippen LogP contribution in [0.5, 0.6) is 11.5 Å². The standard InChI is InChI=1S/C24H31NO6S/c1-29-22-14-13-19(17-23(22)30-2)11-8-16-31-24(26)21-12-6-7-15-25(21)32(27,28)18-20-9-4-3-5-10-20/h3-5,9-10,13-14,17,21H,6-8,11-12,15-16,18H2,1-2H3. The van der Waals surface area contributed by atoms with Gasteiger partial charge in [0.25, 0.3) is 0 Å². The summed E-state index contributed by atoms with van der Waals surface area (Å²) in [6.45, 7) is 0.580. The van der Waals surface area contributed by atoms with Gasteiger partial charge in [-0.1, -0.05) is 36.4 Å². The summed E-state index contributed by atoms with van der Waals surface area (Å²) in [6, 6.07) is 14.0. The minimum atomic E-state index is -3.61. The number of carbonyl (C=O) groups is 1. The quantitative estimate of drug-likeness (QED) is 0.397. The molecule has 0 amide bonds. The minimum Gasteiger partial charge on any atom is -0.493 e. The van der Waals surface area contributed by atoms with E-state index in [1.807, 2.05) is 36.4 Å². The second-order valence-electron chi connectivity index (χ2n) is 7.82. The maximum Gasteiger partial charge on any atom is 0.324 e. The summed E-state index contributed by atoms with van der Waals surface area (Å²) in [7, 11) is -0.434. The highest BCUT2D eigenvalue weighted by atomic mass is 32.2. The van der Waals surface area contributed by atoms with Gasteiger partial charge in [0, 0.05) is 6.54 Å². The molecule has 0 spiro atoms. The lowest BCUT2D eigenvalue weighted by molar-refractivity contribution is -0.149. The Balaban J connectivity index is 1.55. The predicted molar refractivity (Wildman–Crippen MR) is 122 cm³/mol. The zero-order chi connectivity index (χ0) is 23.0. The van der Waals surface area contributed by atoms with Crippen molar-refractivity contribution < 1.29 is 27.4 Å². The Morgan fingerprint density at radius 3 is 2.47 bits per heavy atom. The molecule has 1 saturated heterocycles. The van der Waals surface area contributed by atoms with Gasteiger partial charge in [-0.15, -0.1) is 0 Å². The van der Waals surface area contributed by atoms with Crippen molar-refractivity contribution >= 4 is 16.0 Å². The van der Waals surface area contributed by atoms with Gasteiger partial charge < -0.3 is 14.2 Å². The maximum absolute atomic E-state index is 13.0. The normalized spacial score (nSPS) is 17.0. The first-order chi connectivity index (χ1) is 15.4. The molecule has 174 valence electrons. The van der Waals surface area contributed by atoms with Gasteiger partial charge in [-0.25, -0.2) is 8.42 Å². The van der Waals surface area contributed by atoms with Crippen molar-refractivity contribution in [2.75, 3.05) is 27.4 Å². The Labute approximate surface area is 190 Å². The molecule has 1 unspecified atom stereocenters. The summed E-state index contributed by atoms with van der Waals surface area (Å²) in [5, 5.41) is 0. The van der Waals surface area contributed by atoms with Crippen LogP contribution >= 0.6 is 0 Å². The Hall–Kier alpha value is -2.58. The van der Waals surface area contributed by atoms with Crippen LogP contribution in [0, 0.1) is 0 Å². The van der Waals surface area contributed by atoms with Crippen LogP contribution in [-0.4, -0.2) is 52.1 Å². The van der Waals surface area contributed by atoms with Crippen LogP contribution in [0.2, 0.25) is 0 Å². The predicted octanol–water partition coefficient (Wildman–Crippen LogP) is 3.56. The molecule has 8 heteroatoms. The molecular formula is C24H31NO6S. The number of benzene rings is 2. The second-order valence-corrected chi connectivity index (χ2v) is 9.75. The fourth-order valence-electron chi connectivity index (χ4n) is 3.92. The molecule has 0 aromatic heterocycles. The van der Waals surface area contributed by atoms with Gasteiger partial charge in [0.05, 0.1) is 26.6 Å². The van der Waals surface area contributed by atoms with Crippen LogP contribution in [0.1, 0.15) is 36.8 Å². The number of esters is 1. The highest BCUT2D eigenvalue weighted by Crippen LogP contribution is 2.28. The maximum atomic E-state index is 13.0. The molecule has 1 atom stereocenters. The molecule has 0 saturated carbocycles. The third-order valence-electron chi connectivity index (χ3n) is 5.58. The van der Waals surface area contributed by atoms with Crippen LogP contribution in [0.3, 0.4) is 0 Å². The number of hydrogen-bond acceptors (Lipinski definition) is 6. The average molecular weight is 462 g/mol. The van der Waals surface area contributed by atoms with E-state index in [0.29, 0.717) is 42.9 Å². The van der Waals surface area contributed by atoms with Gasteiger partial charge in [0.2, 0.25) is 10.0 Å². The van der Waals surface area contributed by atoms with E-state index in [2.05, 4.69) is 0 Å². The SMILES string of the molecule is COc1ccc(CCCOC(=O)C2CCCCN2S(=O)(=O)Cc2ccccc2)cc1OC. The number of methoxy groups -OCH3 is 2. The molecular weight excluding hydrogens is 430 g/mol. The van der Waals surface area contributed by atoms with Gasteiger partial charge in [-0.2, -0.15) is 4.31 Å². The number of piperidine rings is 1. The monoisotopic (exact) mass is 461 g/mol. The van der Waals surface area contributed by atoms with E-state index >= 15 is 0 Å². The van der Waals surface area contributed by atoms with Gasteiger partial charge in [-0.3, -0.25) is 4.79 Å². The Bertz CT molecular complexity index is 993. The van der Waals surface area contributed by atoms with Gasteiger partial charge in [-0.05, 0) is 55.4 Å². The lowest BCUT2D eigenvalue weighted by atomic mass is 10.1. The van der Waals surface area contributed by atoms with E-state index in [0.717, 1.165) is 18.4 Å². The number of carbonyl (C=O) groups excluding carboxylic acids is 1. The third-order valence-corrected chi connectivity index (χ3v) is 7.43. The molecule has 0 bridgehead atoms. The topological polar surface area (TPSA) is 82.1 Å². The van der Waals surface area contributed by atoms with Crippen LogP contribution in [0.4, 0.5) is 0 Å². The molecule has 2 aromatic carbocycles. The Morgan fingerprint density at radius 2 is 1.75 bits per heavy atom. The lowest BCUT2D eigenvalue weighted by Gasteiger charge is -2.33. The zero-order valence-electron chi connectivity index (χ0n) is 18.7. The number of aryl methyl sites for hydroxylation is 1. The summed E-state index contributed by atoms with van der Waals surface area (Å²) >= 11 is 0. The molecule has 1 aliphatic rings. The smallest absolute Gasteiger partial charge is 0.324 e. The first-order valence-corrected chi connectivity index (χ1v) is 12.5. The van der Waals surface area contributed by atoms with E-state index in [9.17, 15) is 13.2 Å². The van der Waals surface area contributed by atoms with Gasteiger partial charge >= 0.3 is 5.97 Å². The number of hydrogen-bond donors (Lipinski definition) is 0. The Morgan fingerprint density at radius 1 is 1.00 bits per heavy atom. The molecule has 0 radical (unpaired) electrons. The number of ether oxygens (including phenoxy) is 3. The number of sulfonamides is 1. The molecule has 3 rings (SSSR count). The molecule has 2 aromatic rings. The first-order valence-electron chi connectivity index (χ1n) is 10.9. The number of nitrogens with zero attached hydrogens (tertiary/aromatic N) is 1.